The lowest BCUT2D eigenvalue weighted by atomic mass is 10.1. The highest BCUT2D eigenvalue weighted by molar-refractivity contribution is 9.10. The van der Waals surface area contributed by atoms with Crippen LogP contribution in [0.1, 0.15) is 26.5 Å². The summed E-state index contributed by atoms with van der Waals surface area (Å²) in [5.41, 5.74) is 1.80. The SMILES string of the molecule is CN(C(=O)c1ccco1)c1ccccc1C(=O)Nc1ncn(Cc2cccc(Br)c2)n1. The van der Waals surface area contributed by atoms with Crippen LogP contribution in [0.2, 0.25) is 0 Å². The number of furan rings is 1. The van der Waals surface area contributed by atoms with E-state index in [4.69, 9.17) is 4.42 Å². The van der Waals surface area contributed by atoms with Crippen LogP contribution in [0.15, 0.2) is 82.1 Å². The Hall–Kier alpha value is -3.72. The molecule has 2 amide bonds. The van der Waals surface area contributed by atoms with Gasteiger partial charge in [-0.1, -0.05) is 40.2 Å². The molecule has 4 aromatic rings. The minimum atomic E-state index is -0.421. The predicted octanol–water partition coefficient (Wildman–Crippen LogP) is 4.21. The molecule has 0 atom stereocenters. The quantitative estimate of drug-likeness (QED) is 0.446. The fraction of sp³-hybridized carbons (Fsp3) is 0.0909. The van der Waals surface area contributed by atoms with Crippen molar-refractivity contribution in [3.8, 4) is 0 Å². The number of halogens is 1. The molecule has 9 heteroatoms. The Morgan fingerprint density at radius 2 is 1.97 bits per heavy atom. The molecule has 31 heavy (non-hydrogen) atoms. The smallest absolute Gasteiger partial charge is 0.293 e. The highest BCUT2D eigenvalue weighted by atomic mass is 79.9. The number of carbonyl (C=O) groups excluding carboxylic acids is 2. The van der Waals surface area contributed by atoms with Crippen LogP contribution in [-0.2, 0) is 6.54 Å². The Morgan fingerprint density at radius 1 is 1.13 bits per heavy atom. The second-order valence-electron chi connectivity index (χ2n) is 6.71. The van der Waals surface area contributed by atoms with E-state index in [0.717, 1.165) is 10.0 Å². The van der Waals surface area contributed by atoms with Crippen LogP contribution in [-0.4, -0.2) is 33.6 Å². The summed E-state index contributed by atoms with van der Waals surface area (Å²) < 4.78 is 7.79. The third kappa shape index (κ3) is 4.72. The largest absolute Gasteiger partial charge is 0.459 e. The number of aromatic nitrogens is 3. The number of nitrogens with zero attached hydrogens (tertiary/aromatic N) is 4. The van der Waals surface area contributed by atoms with E-state index in [1.807, 2.05) is 24.3 Å². The Labute approximate surface area is 186 Å². The number of hydrogen-bond donors (Lipinski definition) is 1. The topological polar surface area (TPSA) is 93.3 Å². The van der Waals surface area contributed by atoms with Gasteiger partial charge in [-0.05, 0) is 42.0 Å². The summed E-state index contributed by atoms with van der Waals surface area (Å²) >= 11 is 3.44. The van der Waals surface area contributed by atoms with Crippen LogP contribution in [0.25, 0.3) is 0 Å². The van der Waals surface area contributed by atoms with Crippen molar-refractivity contribution in [2.24, 2.45) is 0 Å². The summed E-state index contributed by atoms with van der Waals surface area (Å²) in [6.45, 7) is 0.513. The van der Waals surface area contributed by atoms with Crippen molar-refractivity contribution in [2.45, 2.75) is 6.54 Å². The van der Waals surface area contributed by atoms with Gasteiger partial charge >= 0.3 is 0 Å². The predicted molar refractivity (Wildman–Crippen MR) is 119 cm³/mol. The molecular weight excluding hydrogens is 462 g/mol. The molecule has 2 aromatic heterocycles. The average Bonchev–Trinajstić information content (AvgIpc) is 3.45. The van der Waals surface area contributed by atoms with E-state index in [9.17, 15) is 9.59 Å². The summed E-state index contributed by atoms with van der Waals surface area (Å²) in [6.07, 6.45) is 2.98. The van der Waals surface area contributed by atoms with E-state index < -0.39 is 5.91 Å². The fourth-order valence-corrected chi connectivity index (χ4v) is 3.50. The minimum Gasteiger partial charge on any atom is -0.459 e. The van der Waals surface area contributed by atoms with Crippen molar-refractivity contribution < 1.29 is 14.0 Å². The lowest BCUT2D eigenvalue weighted by molar-refractivity contribution is 0.0966. The van der Waals surface area contributed by atoms with Gasteiger partial charge in [-0.15, -0.1) is 5.10 Å². The van der Waals surface area contributed by atoms with Crippen LogP contribution in [0.4, 0.5) is 11.6 Å². The Balaban J connectivity index is 1.49. The van der Waals surface area contributed by atoms with Gasteiger partial charge in [0, 0.05) is 11.5 Å². The maximum atomic E-state index is 12.9. The van der Waals surface area contributed by atoms with Crippen molar-refractivity contribution in [3.05, 3.63) is 94.6 Å². The molecule has 0 spiro atoms. The number of nitrogens with one attached hydrogen (secondary N) is 1. The molecular formula is C22H18BrN5O3. The molecule has 2 aromatic carbocycles. The molecule has 0 saturated carbocycles. The van der Waals surface area contributed by atoms with Gasteiger partial charge in [-0.2, -0.15) is 0 Å². The molecule has 0 bridgehead atoms. The number of benzene rings is 2. The van der Waals surface area contributed by atoms with E-state index in [2.05, 4.69) is 31.3 Å². The minimum absolute atomic E-state index is 0.176. The number of hydrogen-bond acceptors (Lipinski definition) is 5. The molecule has 0 unspecified atom stereocenters. The van der Waals surface area contributed by atoms with Crippen molar-refractivity contribution >= 4 is 39.4 Å². The first kappa shape index (κ1) is 20.5. The van der Waals surface area contributed by atoms with Gasteiger partial charge < -0.3 is 9.32 Å². The summed E-state index contributed by atoms with van der Waals surface area (Å²) in [4.78, 5) is 31.0. The lowest BCUT2D eigenvalue weighted by Gasteiger charge is -2.19. The number of anilines is 2. The van der Waals surface area contributed by atoms with Crippen LogP contribution in [0.3, 0.4) is 0 Å². The second kappa shape index (κ2) is 8.97. The number of carbonyl (C=O) groups is 2. The molecule has 0 aliphatic heterocycles. The first-order valence-corrected chi connectivity index (χ1v) is 10.2. The van der Waals surface area contributed by atoms with E-state index in [1.54, 1.807) is 54.5 Å². The zero-order chi connectivity index (χ0) is 21.8. The van der Waals surface area contributed by atoms with Gasteiger partial charge in [0.1, 0.15) is 6.33 Å². The van der Waals surface area contributed by atoms with Crippen molar-refractivity contribution in [1.29, 1.82) is 0 Å². The van der Waals surface area contributed by atoms with Gasteiger partial charge in [0.15, 0.2) is 5.76 Å². The Morgan fingerprint density at radius 3 is 2.74 bits per heavy atom. The zero-order valence-electron chi connectivity index (χ0n) is 16.5. The molecule has 8 nitrogen and oxygen atoms in total. The molecule has 0 aliphatic rings. The summed E-state index contributed by atoms with van der Waals surface area (Å²) in [7, 11) is 1.59. The normalized spacial score (nSPS) is 10.6. The highest BCUT2D eigenvalue weighted by Gasteiger charge is 2.21. The summed E-state index contributed by atoms with van der Waals surface area (Å²) in [5.74, 6) is -0.419. The Bertz CT molecular complexity index is 1220. The van der Waals surface area contributed by atoms with E-state index in [0.29, 0.717) is 17.8 Å². The summed E-state index contributed by atoms with van der Waals surface area (Å²) in [5, 5.41) is 7.01. The first-order chi connectivity index (χ1) is 15.0. The van der Waals surface area contributed by atoms with Gasteiger partial charge in [0.25, 0.3) is 11.8 Å². The van der Waals surface area contributed by atoms with E-state index in [-0.39, 0.29) is 17.6 Å². The van der Waals surface area contributed by atoms with Gasteiger partial charge in [-0.3, -0.25) is 14.9 Å². The fourth-order valence-electron chi connectivity index (χ4n) is 3.05. The van der Waals surface area contributed by atoms with Crippen LogP contribution in [0, 0.1) is 0 Å². The molecule has 0 fully saturated rings. The third-order valence-corrected chi connectivity index (χ3v) is 5.04. The number of amides is 2. The van der Waals surface area contributed by atoms with Crippen molar-refractivity contribution in [3.63, 3.8) is 0 Å². The molecule has 0 saturated heterocycles. The summed E-state index contributed by atoms with van der Waals surface area (Å²) in [6, 6.07) is 17.9. The maximum Gasteiger partial charge on any atom is 0.293 e. The third-order valence-electron chi connectivity index (χ3n) is 4.54. The van der Waals surface area contributed by atoms with Gasteiger partial charge in [-0.25, -0.2) is 9.67 Å². The van der Waals surface area contributed by atoms with Crippen LogP contribution in [0.5, 0.6) is 0 Å². The van der Waals surface area contributed by atoms with Crippen LogP contribution >= 0.6 is 15.9 Å². The van der Waals surface area contributed by atoms with Crippen molar-refractivity contribution in [2.75, 3.05) is 17.3 Å². The number of para-hydroxylation sites is 1. The average molecular weight is 480 g/mol. The molecule has 156 valence electrons. The molecule has 2 heterocycles. The first-order valence-electron chi connectivity index (χ1n) is 9.37. The van der Waals surface area contributed by atoms with Crippen molar-refractivity contribution in [1.82, 2.24) is 14.8 Å². The molecule has 0 aliphatic carbocycles. The standard InChI is InChI=1S/C22H18BrN5O3/c1-27(21(30)19-10-5-11-31-19)18-9-3-2-8-17(18)20(29)25-22-24-14-28(26-22)13-15-6-4-7-16(23)12-15/h2-12,14H,13H2,1H3,(H,25,26,29). The van der Waals surface area contributed by atoms with E-state index >= 15 is 0 Å². The molecule has 1 N–H and O–H groups in total. The zero-order valence-corrected chi connectivity index (χ0v) is 18.1. The highest BCUT2D eigenvalue weighted by Crippen LogP contribution is 2.22. The number of rotatable bonds is 6. The Kier molecular flexibility index (Phi) is 5.94. The molecule has 0 radical (unpaired) electrons. The maximum absolute atomic E-state index is 12.9. The van der Waals surface area contributed by atoms with Crippen LogP contribution < -0.4 is 10.2 Å². The monoisotopic (exact) mass is 479 g/mol. The van der Waals surface area contributed by atoms with E-state index in [1.165, 1.54) is 11.2 Å². The second-order valence-corrected chi connectivity index (χ2v) is 7.62. The van der Waals surface area contributed by atoms with Gasteiger partial charge in [0.05, 0.1) is 24.1 Å². The molecule has 4 rings (SSSR count). The lowest BCUT2D eigenvalue weighted by Crippen LogP contribution is -2.28. The van der Waals surface area contributed by atoms with Gasteiger partial charge in [0.2, 0.25) is 5.95 Å².